The number of anilines is 1. The molecule has 31 heavy (non-hydrogen) atoms. The van der Waals surface area contributed by atoms with Crippen LogP contribution in [0.2, 0.25) is 0 Å². The quantitative estimate of drug-likeness (QED) is 0.318. The van der Waals surface area contributed by atoms with Crippen molar-refractivity contribution in [3.63, 3.8) is 0 Å². The minimum atomic E-state index is -0.445. The Kier molecular flexibility index (Phi) is 6.66. The number of para-hydroxylation sites is 1. The van der Waals surface area contributed by atoms with Crippen LogP contribution in [0.15, 0.2) is 54.6 Å². The summed E-state index contributed by atoms with van der Waals surface area (Å²) < 4.78 is 6.43. The van der Waals surface area contributed by atoms with E-state index in [1.54, 1.807) is 23.1 Å². The lowest BCUT2D eigenvalue weighted by molar-refractivity contribution is -0.384. The van der Waals surface area contributed by atoms with Gasteiger partial charge in [-0.2, -0.15) is 0 Å². The van der Waals surface area contributed by atoms with Crippen LogP contribution in [-0.2, 0) is 9.53 Å². The summed E-state index contributed by atoms with van der Waals surface area (Å²) in [5.74, 6) is -0.175. The van der Waals surface area contributed by atoms with Crippen LogP contribution in [0.5, 0.6) is 0 Å². The monoisotopic (exact) mass is 438 g/mol. The second-order valence-electron chi connectivity index (χ2n) is 7.09. The summed E-state index contributed by atoms with van der Waals surface area (Å²) in [5, 5.41) is 11.5. The highest BCUT2D eigenvalue weighted by Crippen LogP contribution is 2.29. The zero-order valence-corrected chi connectivity index (χ0v) is 17.7. The number of nitro groups is 1. The maximum absolute atomic E-state index is 13.1. The molecule has 0 spiro atoms. The third-order valence-electron chi connectivity index (χ3n) is 5.05. The largest absolute Gasteiger partial charge is 0.379 e. The summed E-state index contributed by atoms with van der Waals surface area (Å²) in [6.45, 7) is 4.35. The molecule has 4 rings (SSSR count). The van der Waals surface area contributed by atoms with Crippen LogP contribution in [0.3, 0.4) is 0 Å². The Bertz CT molecular complexity index is 1060. The van der Waals surface area contributed by atoms with Gasteiger partial charge in [-0.3, -0.25) is 24.7 Å². The van der Waals surface area contributed by atoms with Gasteiger partial charge in [-0.1, -0.05) is 23.5 Å². The molecule has 1 amide bonds. The Balaban J connectivity index is 1.53. The second kappa shape index (κ2) is 9.78. The van der Waals surface area contributed by atoms with E-state index in [1.807, 2.05) is 24.3 Å². The van der Waals surface area contributed by atoms with E-state index in [0.717, 1.165) is 35.4 Å². The molecule has 160 valence electrons. The van der Waals surface area contributed by atoms with Crippen molar-refractivity contribution >= 4 is 44.4 Å². The van der Waals surface area contributed by atoms with Crippen LogP contribution in [0.25, 0.3) is 16.3 Å². The fraction of sp³-hybridized carbons (Fsp3) is 0.273. The Morgan fingerprint density at radius 1 is 1.19 bits per heavy atom. The van der Waals surface area contributed by atoms with E-state index in [2.05, 4.69) is 9.88 Å². The van der Waals surface area contributed by atoms with Crippen molar-refractivity contribution < 1.29 is 14.5 Å². The lowest BCUT2D eigenvalue weighted by atomic mass is 10.2. The van der Waals surface area contributed by atoms with Crippen LogP contribution in [-0.4, -0.2) is 60.1 Å². The number of nitrogens with zero attached hydrogens (tertiary/aromatic N) is 4. The number of benzene rings is 2. The van der Waals surface area contributed by atoms with Crippen molar-refractivity contribution in [1.29, 1.82) is 0 Å². The van der Waals surface area contributed by atoms with Crippen LogP contribution in [0.4, 0.5) is 10.8 Å². The summed E-state index contributed by atoms with van der Waals surface area (Å²) in [7, 11) is 0. The first-order valence-corrected chi connectivity index (χ1v) is 10.8. The van der Waals surface area contributed by atoms with E-state index in [1.165, 1.54) is 29.5 Å². The van der Waals surface area contributed by atoms with E-state index < -0.39 is 4.92 Å². The lowest BCUT2D eigenvalue weighted by Crippen LogP contribution is -2.42. The molecule has 1 fully saturated rings. The highest BCUT2D eigenvalue weighted by atomic mass is 32.1. The summed E-state index contributed by atoms with van der Waals surface area (Å²) in [4.78, 5) is 32.1. The zero-order valence-electron chi connectivity index (χ0n) is 16.8. The molecule has 1 aromatic heterocycles. The van der Waals surface area contributed by atoms with Crippen molar-refractivity contribution in [2.75, 3.05) is 44.3 Å². The molecule has 0 radical (unpaired) electrons. The third kappa shape index (κ3) is 5.32. The fourth-order valence-electron chi connectivity index (χ4n) is 3.31. The number of nitro benzene ring substituents is 1. The number of carbonyl (C=O) groups is 1. The second-order valence-corrected chi connectivity index (χ2v) is 8.10. The predicted octanol–water partition coefficient (Wildman–Crippen LogP) is 3.58. The molecule has 0 aliphatic carbocycles. The molecule has 2 aromatic carbocycles. The highest BCUT2D eigenvalue weighted by molar-refractivity contribution is 7.22. The number of hydrogen-bond acceptors (Lipinski definition) is 7. The molecule has 8 nitrogen and oxygen atoms in total. The molecule has 0 unspecified atom stereocenters. The smallest absolute Gasteiger partial charge is 0.269 e. The van der Waals surface area contributed by atoms with Gasteiger partial charge in [0.2, 0.25) is 0 Å². The fourth-order valence-corrected chi connectivity index (χ4v) is 4.30. The number of hydrogen-bond donors (Lipinski definition) is 0. The average molecular weight is 439 g/mol. The van der Waals surface area contributed by atoms with E-state index in [-0.39, 0.29) is 11.6 Å². The van der Waals surface area contributed by atoms with Gasteiger partial charge in [-0.15, -0.1) is 0 Å². The summed E-state index contributed by atoms with van der Waals surface area (Å²) in [6.07, 6.45) is 3.16. The first-order valence-electron chi connectivity index (χ1n) is 10.00. The van der Waals surface area contributed by atoms with Crippen molar-refractivity contribution in [2.45, 2.75) is 0 Å². The number of aromatic nitrogens is 1. The maximum Gasteiger partial charge on any atom is 0.269 e. The molecule has 9 heteroatoms. The van der Waals surface area contributed by atoms with E-state index in [0.29, 0.717) is 24.9 Å². The van der Waals surface area contributed by atoms with Crippen LogP contribution >= 0.6 is 11.3 Å². The summed E-state index contributed by atoms with van der Waals surface area (Å²) in [6, 6.07) is 13.9. The number of non-ortho nitro benzene ring substituents is 1. The first-order chi connectivity index (χ1) is 15.1. The summed E-state index contributed by atoms with van der Waals surface area (Å²) >= 11 is 1.49. The molecular weight excluding hydrogens is 416 g/mol. The normalized spacial score (nSPS) is 14.8. The van der Waals surface area contributed by atoms with Gasteiger partial charge in [0, 0.05) is 44.4 Å². The standard InChI is InChI=1S/C22H22N4O4S/c27-21(10-7-17-5-8-18(9-6-17)26(28)29)25(12-11-24-13-15-30-16-14-24)22-23-19-3-1-2-4-20(19)31-22/h1-10H,11-16H2/b10-7+. The molecule has 3 aromatic rings. The lowest BCUT2D eigenvalue weighted by Gasteiger charge is -2.28. The van der Waals surface area contributed by atoms with Gasteiger partial charge in [0.25, 0.3) is 11.6 Å². The van der Waals surface area contributed by atoms with Crippen LogP contribution in [0, 0.1) is 10.1 Å². The van der Waals surface area contributed by atoms with Gasteiger partial charge < -0.3 is 4.74 Å². The van der Waals surface area contributed by atoms with Crippen molar-refractivity contribution in [3.05, 3.63) is 70.3 Å². The SMILES string of the molecule is O=C(/C=C/c1ccc([N+](=O)[O-])cc1)N(CCN1CCOCC1)c1nc2ccccc2s1. The maximum atomic E-state index is 13.1. The van der Waals surface area contributed by atoms with Gasteiger partial charge in [-0.05, 0) is 35.9 Å². The Morgan fingerprint density at radius 3 is 2.65 bits per heavy atom. The number of thiazole rings is 1. The number of amides is 1. The zero-order chi connectivity index (χ0) is 21.6. The predicted molar refractivity (Wildman–Crippen MR) is 121 cm³/mol. The van der Waals surface area contributed by atoms with Crippen LogP contribution < -0.4 is 4.90 Å². The minimum absolute atomic E-state index is 0.0186. The first kappa shape index (κ1) is 21.1. The van der Waals surface area contributed by atoms with Gasteiger partial charge in [0.1, 0.15) is 0 Å². The van der Waals surface area contributed by atoms with Gasteiger partial charge in [0.05, 0.1) is 28.4 Å². The highest BCUT2D eigenvalue weighted by Gasteiger charge is 2.20. The molecule has 0 atom stereocenters. The number of carbonyl (C=O) groups excluding carboxylic acids is 1. The molecule has 1 saturated heterocycles. The van der Waals surface area contributed by atoms with E-state index in [9.17, 15) is 14.9 Å². The van der Waals surface area contributed by atoms with Crippen LogP contribution in [0.1, 0.15) is 5.56 Å². The van der Waals surface area contributed by atoms with Crippen molar-refractivity contribution in [2.24, 2.45) is 0 Å². The Morgan fingerprint density at radius 2 is 1.94 bits per heavy atom. The van der Waals surface area contributed by atoms with Gasteiger partial charge in [0.15, 0.2) is 5.13 Å². The topological polar surface area (TPSA) is 88.8 Å². The van der Waals surface area contributed by atoms with Crippen molar-refractivity contribution in [3.8, 4) is 0 Å². The Hall–Kier alpha value is -3.14. The number of fused-ring (bicyclic) bond motifs is 1. The molecular formula is C22H22N4O4S. The molecule has 0 bridgehead atoms. The van der Waals surface area contributed by atoms with E-state index >= 15 is 0 Å². The Labute approximate surface area is 183 Å². The molecule has 0 saturated carbocycles. The van der Waals surface area contributed by atoms with E-state index in [4.69, 9.17) is 4.74 Å². The minimum Gasteiger partial charge on any atom is -0.379 e. The third-order valence-corrected chi connectivity index (χ3v) is 6.10. The molecule has 1 aliphatic rings. The molecule has 0 N–H and O–H groups in total. The average Bonchev–Trinajstić information content (AvgIpc) is 3.22. The summed E-state index contributed by atoms with van der Waals surface area (Å²) in [5.41, 5.74) is 1.60. The van der Waals surface area contributed by atoms with Gasteiger partial charge >= 0.3 is 0 Å². The molecule has 2 heterocycles. The number of morpholine rings is 1. The number of ether oxygens (including phenoxy) is 1. The van der Waals surface area contributed by atoms with Crippen molar-refractivity contribution in [1.82, 2.24) is 9.88 Å². The van der Waals surface area contributed by atoms with Gasteiger partial charge in [-0.25, -0.2) is 4.98 Å². The molecule has 1 aliphatic heterocycles. The number of rotatable bonds is 7.